The van der Waals surface area contributed by atoms with E-state index in [2.05, 4.69) is 36.5 Å². The van der Waals surface area contributed by atoms with Crippen molar-refractivity contribution in [2.45, 2.75) is 70.8 Å². The van der Waals surface area contributed by atoms with Crippen molar-refractivity contribution in [3.63, 3.8) is 0 Å². The summed E-state index contributed by atoms with van der Waals surface area (Å²) in [6.45, 7) is 4.48. The van der Waals surface area contributed by atoms with Gasteiger partial charge in [0, 0.05) is 6.54 Å². The monoisotopic (exact) mass is 259 g/mol. The van der Waals surface area contributed by atoms with Crippen LogP contribution in [0.15, 0.2) is 24.3 Å². The first kappa shape index (κ1) is 14.6. The number of nitrogens with one attached hydrogen (secondary N) is 1. The summed E-state index contributed by atoms with van der Waals surface area (Å²) in [5.74, 6) is 0.874. The summed E-state index contributed by atoms with van der Waals surface area (Å²) in [6, 6.07) is 9.15. The van der Waals surface area contributed by atoms with Gasteiger partial charge in [-0.15, -0.1) is 0 Å². The lowest BCUT2D eigenvalue weighted by Crippen LogP contribution is -2.14. The van der Waals surface area contributed by atoms with Crippen LogP contribution in [0.4, 0.5) is 0 Å². The van der Waals surface area contributed by atoms with Crippen LogP contribution in [0.2, 0.25) is 0 Å². The second-order valence-electron chi connectivity index (χ2n) is 5.96. The van der Waals surface area contributed by atoms with E-state index in [1.54, 1.807) is 5.56 Å². The highest BCUT2D eigenvalue weighted by molar-refractivity contribution is 5.29. The fourth-order valence-corrected chi connectivity index (χ4v) is 2.64. The van der Waals surface area contributed by atoms with Gasteiger partial charge in [0.1, 0.15) is 0 Å². The molecule has 1 aliphatic carbocycles. The van der Waals surface area contributed by atoms with Crippen LogP contribution in [-0.4, -0.2) is 6.54 Å². The van der Waals surface area contributed by atoms with Crippen LogP contribution in [0.5, 0.6) is 0 Å². The molecule has 1 N–H and O–H groups in total. The Labute approximate surface area is 118 Å². The van der Waals surface area contributed by atoms with Crippen LogP contribution in [0.3, 0.4) is 0 Å². The fraction of sp³-hybridized carbons (Fsp3) is 0.667. The first-order valence-corrected chi connectivity index (χ1v) is 8.19. The van der Waals surface area contributed by atoms with Crippen molar-refractivity contribution < 1.29 is 0 Å². The lowest BCUT2D eigenvalue weighted by atomic mass is 10.1. The molecule has 0 heterocycles. The van der Waals surface area contributed by atoms with Crippen molar-refractivity contribution in [1.82, 2.24) is 5.32 Å². The molecular formula is C18H29N. The lowest BCUT2D eigenvalue weighted by Gasteiger charge is -2.07. The van der Waals surface area contributed by atoms with E-state index in [1.165, 1.54) is 63.5 Å². The van der Waals surface area contributed by atoms with E-state index in [4.69, 9.17) is 0 Å². The molecule has 0 saturated heterocycles. The Morgan fingerprint density at radius 1 is 1.05 bits per heavy atom. The number of hydrogen-bond acceptors (Lipinski definition) is 1. The molecular weight excluding hydrogens is 230 g/mol. The second kappa shape index (κ2) is 8.37. The summed E-state index contributed by atoms with van der Waals surface area (Å²) in [6.07, 6.45) is 11.1. The van der Waals surface area contributed by atoms with E-state index in [1.807, 2.05) is 0 Å². The third-order valence-electron chi connectivity index (χ3n) is 4.04. The molecule has 0 bridgehead atoms. The Bertz CT molecular complexity index is 354. The van der Waals surface area contributed by atoms with Gasteiger partial charge in [0.2, 0.25) is 0 Å². The highest BCUT2D eigenvalue weighted by Crippen LogP contribution is 2.40. The molecule has 0 aromatic heterocycles. The minimum absolute atomic E-state index is 0.874. The Hall–Kier alpha value is -0.820. The molecule has 0 spiro atoms. The van der Waals surface area contributed by atoms with Crippen molar-refractivity contribution in [2.24, 2.45) is 0 Å². The van der Waals surface area contributed by atoms with E-state index in [0.29, 0.717) is 0 Å². The Morgan fingerprint density at radius 2 is 1.84 bits per heavy atom. The van der Waals surface area contributed by atoms with E-state index in [9.17, 15) is 0 Å². The summed E-state index contributed by atoms with van der Waals surface area (Å²) in [5, 5.41) is 3.58. The van der Waals surface area contributed by atoms with Gasteiger partial charge in [-0.25, -0.2) is 0 Å². The third kappa shape index (κ3) is 5.78. The predicted molar refractivity (Wildman–Crippen MR) is 83.5 cm³/mol. The molecule has 0 atom stereocenters. The number of rotatable bonds is 10. The van der Waals surface area contributed by atoms with E-state index < -0.39 is 0 Å². The van der Waals surface area contributed by atoms with Gasteiger partial charge < -0.3 is 5.32 Å². The van der Waals surface area contributed by atoms with E-state index in [-0.39, 0.29) is 0 Å². The van der Waals surface area contributed by atoms with Gasteiger partial charge in [-0.2, -0.15) is 0 Å². The predicted octanol–water partition coefficient (Wildman–Crippen LogP) is 5.01. The standard InChI is InChI=1S/C18H29N/c1-2-3-4-5-6-7-13-19-15-16-9-8-10-18(14-16)17-11-12-17/h8-10,14,17,19H,2-7,11-13,15H2,1H3. The molecule has 1 aromatic carbocycles. The second-order valence-corrected chi connectivity index (χ2v) is 5.96. The molecule has 1 nitrogen and oxygen atoms in total. The molecule has 1 fully saturated rings. The zero-order valence-corrected chi connectivity index (χ0v) is 12.5. The zero-order valence-electron chi connectivity index (χ0n) is 12.5. The first-order valence-electron chi connectivity index (χ1n) is 8.19. The van der Waals surface area contributed by atoms with Crippen molar-refractivity contribution in [3.8, 4) is 0 Å². The maximum Gasteiger partial charge on any atom is 0.0205 e. The Balaban J connectivity index is 1.54. The van der Waals surface area contributed by atoms with Gasteiger partial charge in [-0.1, -0.05) is 63.3 Å². The first-order chi connectivity index (χ1) is 9.40. The molecule has 1 heteroatoms. The van der Waals surface area contributed by atoms with Gasteiger partial charge in [0.25, 0.3) is 0 Å². The van der Waals surface area contributed by atoms with Crippen LogP contribution in [0, 0.1) is 0 Å². The molecule has 106 valence electrons. The smallest absolute Gasteiger partial charge is 0.0205 e. The van der Waals surface area contributed by atoms with Gasteiger partial charge in [-0.3, -0.25) is 0 Å². The van der Waals surface area contributed by atoms with Crippen LogP contribution in [0.1, 0.15) is 75.3 Å². The summed E-state index contributed by atoms with van der Waals surface area (Å²) in [7, 11) is 0. The normalized spacial score (nSPS) is 14.8. The summed E-state index contributed by atoms with van der Waals surface area (Å²) < 4.78 is 0. The van der Waals surface area contributed by atoms with E-state index >= 15 is 0 Å². The number of benzene rings is 1. The Morgan fingerprint density at radius 3 is 2.63 bits per heavy atom. The van der Waals surface area contributed by atoms with Crippen LogP contribution >= 0.6 is 0 Å². The van der Waals surface area contributed by atoms with Crippen LogP contribution < -0.4 is 5.32 Å². The molecule has 0 radical (unpaired) electrons. The van der Waals surface area contributed by atoms with Crippen LogP contribution in [0.25, 0.3) is 0 Å². The largest absolute Gasteiger partial charge is 0.313 e. The molecule has 1 saturated carbocycles. The average molecular weight is 259 g/mol. The van der Waals surface area contributed by atoms with Gasteiger partial charge in [0.15, 0.2) is 0 Å². The molecule has 0 unspecified atom stereocenters. The molecule has 0 amide bonds. The van der Waals surface area contributed by atoms with Gasteiger partial charge in [-0.05, 0) is 42.9 Å². The lowest BCUT2D eigenvalue weighted by molar-refractivity contribution is 0.572. The third-order valence-corrected chi connectivity index (χ3v) is 4.04. The quantitative estimate of drug-likeness (QED) is 0.582. The minimum atomic E-state index is 0.874. The fourth-order valence-electron chi connectivity index (χ4n) is 2.64. The molecule has 1 aromatic rings. The topological polar surface area (TPSA) is 12.0 Å². The van der Waals surface area contributed by atoms with Gasteiger partial charge >= 0.3 is 0 Å². The maximum atomic E-state index is 3.58. The highest BCUT2D eigenvalue weighted by atomic mass is 14.8. The average Bonchev–Trinajstić information content (AvgIpc) is 3.27. The Kier molecular flexibility index (Phi) is 6.43. The SMILES string of the molecule is CCCCCCCCNCc1cccc(C2CC2)c1. The molecule has 1 aliphatic rings. The van der Waals surface area contributed by atoms with Crippen molar-refractivity contribution >= 4 is 0 Å². The van der Waals surface area contributed by atoms with Gasteiger partial charge in [0.05, 0.1) is 0 Å². The van der Waals surface area contributed by atoms with Crippen molar-refractivity contribution in [1.29, 1.82) is 0 Å². The van der Waals surface area contributed by atoms with Crippen molar-refractivity contribution in [2.75, 3.05) is 6.54 Å². The zero-order chi connectivity index (χ0) is 13.3. The summed E-state index contributed by atoms with van der Waals surface area (Å²) in [4.78, 5) is 0. The van der Waals surface area contributed by atoms with Crippen LogP contribution in [-0.2, 0) is 6.54 Å². The molecule has 0 aliphatic heterocycles. The minimum Gasteiger partial charge on any atom is -0.313 e. The highest BCUT2D eigenvalue weighted by Gasteiger charge is 2.23. The summed E-state index contributed by atoms with van der Waals surface area (Å²) >= 11 is 0. The number of hydrogen-bond donors (Lipinski definition) is 1. The van der Waals surface area contributed by atoms with Crippen molar-refractivity contribution in [3.05, 3.63) is 35.4 Å². The molecule has 2 rings (SSSR count). The van der Waals surface area contributed by atoms with E-state index in [0.717, 1.165) is 12.5 Å². The molecule has 19 heavy (non-hydrogen) atoms. The maximum absolute atomic E-state index is 3.58. The number of unbranched alkanes of at least 4 members (excludes halogenated alkanes) is 5. The summed E-state index contributed by atoms with van der Waals surface area (Å²) in [5.41, 5.74) is 3.01.